The number of furan rings is 1. The van der Waals surface area contributed by atoms with E-state index in [1.165, 1.54) is 0 Å². The highest BCUT2D eigenvalue weighted by Gasteiger charge is 2.12. The quantitative estimate of drug-likeness (QED) is 0.655. The molecule has 0 atom stereocenters. The number of halogens is 2. The van der Waals surface area contributed by atoms with Crippen LogP contribution in [0.25, 0.3) is 0 Å². The van der Waals surface area contributed by atoms with Crippen LogP contribution < -0.4 is 10.1 Å². The van der Waals surface area contributed by atoms with Crippen LogP contribution in [0.1, 0.15) is 21.9 Å². The first-order valence-corrected chi connectivity index (χ1v) is 8.71. The molecule has 1 aromatic carbocycles. The number of hydrogen-bond acceptors (Lipinski definition) is 4. The molecule has 8 heteroatoms. The standard InChI is InChI=1S/C18H17Cl2N3O3/c1-12-3-2-4-15(20)17(12)25-11-14-5-6-16(26-14)18(24)21-7-8-23-10-13(19)9-22-23/h2-6,9-10H,7-8,11H2,1H3,(H,21,24). The summed E-state index contributed by atoms with van der Waals surface area (Å²) < 4.78 is 12.9. The third-order valence-corrected chi connectivity index (χ3v) is 4.13. The summed E-state index contributed by atoms with van der Waals surface area (Å²) in [5.41, 5.74) is 0.931. The van der Waals surface area contributed by atoms with E-state index in [0.29, 0.717) is 34.6 Å². The number of hydrogen-bond donors (Lipinski definition) is 1. The van der Waals surface area contributed by atoms with Gasteiger partial charge in [-0.15, -0.1) is 0 Å². The van der Waals surface area contributed by atoms with Gasteiger partial charge >= 0.3 is 0 Å². The summed E-state index contributed by atoms with van der Waals surface area (Å²) in [6.45, 7) is 3.02. The van der Waals surface area contributed by atoms with E-state index >= 15 is 0 Å². The molecule has 2 aromatic heterocycles. The molecule has 0 saturated heterocycles. The van der Waals surface area contributed by atoms with Gasteiger partial charge in [-0.1, -0.05) is 35.3 Å². The first-order chi connectivity index (χ1) is 12.5. The van der Waals surface area contributed by atoms with Crippen LogP contribution >= 0.6 is 23.2 Å². The highest BCUT2D eigenvalue weighted by Crippen LogP contribution is 2.28. The summed E-state index contributed by atoms with van der Waals surface area (Å²) in [5, 5.41) is 7.89. The average molecular weight is 394 g/mol. The molecule has 0 bridgehead atoms. The Labute approximate surface area is 160 Å². The maximum atomic E-state index is 12.1. The van der Waals surface area contributed by atoms with E-state index in [0.717, 1.165) is 5.56 Å². The molecule has 3 rings (SSSR count). The molecule has 1 amide bonds. The summed E-state index contributed by atoms with van der Waals surface area (Å²) in [5.74, 6) is 1.06. The number of amides is 1. The van der Waals surface area contributed by atoms with Crippen LogP contribution in [0.2, 0.25) is 10.0 Å². The van der Waals surface area contributed by atoms with Gasteiger partial charge in [0, 0.05) is 12.7 Å². The van der Waals surface area contributed by atoms with E-state index in [2.05, 4.69) is 10.4 Å². The Hall–Kier alpha value is -2.44. The second-order valence-corrected chi connectivity index (χ2v) is 6.46. The molecule has 0 fully saturated rings. The molecule has 0 aliphatic carbocycles. The van der Waals surface area contributed by atoms with Crippen molar-refractivity contribution in [2.45, 2.75) is 20.1 Å². The van der Waals surface area contributed by atoms with Crippen molar-refractivity contribution >= 4 is 29.1 Å². The smallest absolute Gasteiger partial charge is 0.287 e. The van der Waals surface area contributed by atoms with Crippen molar-refractivity contribution in [1.29, 1.82) is 0 Å². The van der Waals surface area contributed by atoms with Gasteiger partial charge < -0.3 is 14.5 Å². The second kappa shape index (κ2) is 8.29. The Morgan fingerprint density at radius 2 is 2.15 bits per heavy atom. The normalized spacial score (nSPS) is 10.7. The van der Waals surface area contributed by atoms with Gasteiger partial charge in [0.2, 0.25) is 0 Å². The molecule has 26 heavy (non-hydrogen) atoms. The topological polar surface area (TPSA) is 69.3 Å². The van der Waals surface area contributed by atoms with Gasteiger partial charge in [0.05, 0.1) is 22.8 Å². The summed E-state index contributed by atoms with van der Waals surface area (Å²) >= 11 is 11.9. The number of aromatic nitrogens is 2. The SMILES string of the molecule is Cc1cccc(Cl)c1OCc1ccc(C(=O)NCCn2cc(Cl)cn2)o1. The van der Waals surface area contributed by atoms with Gasteiger partial charge in [0.15, 0.2) is 5.76 Å². The van der Waals surface area contributed by atoms with Crippen LogP contribution in [-0.2, 0) is 13.2 Å². The van der Waals surface area contributed by atoms with Crippen LogP contribution in [0.4, 0.5) is 0 Å². The minimum Gasteiger partial charge on any atom is -0.484 e. The molecule has 2 heterocycles. The molecule has 6 nitrogen and oxygen atoms in total. The number of carbonyl (C=O) groups excluding carboxylic acids is 1. The van der Waals surface area contributed by atoms with Crippen LogP contribution in [-0.4, -0.2) is 22.2 Å². The molecule has 0 aliphatic rings. The molecular formula is C18H17Cl2N3O3. The predicted octanol–water partition coefficient (Wildman–Crippen LogP) is 4.10. The molecule has 1 N–H and O–H groups in total. The number of rotatable bonds is 7. The average Bonchev–Trinajstić information content (AvgIpc) is 3.23. The third kappa shape index (κ3) is 4.59. The molecule has 136 valence electrons. The van der Waals surface area contributed by atoms with Crippen molar-refractivity contribution in [3.63, 3.8) is 0 Å². The van der Waals surface area contributed by atoms with E-state index in [9.17, 15) is 4.79 Å². The van der Waals surface area contributed by atoms with Crippen LogP contribution in [0.3, 0.4) is 0 Å². The van der Waals surface area contributed by atoms with Crippen molar-refractivity contribution < 1.29 is 13.9 Å². The Kier molecular flexibility index (Phi) is 5.85. The summed E-state index contributed by atoms with van der Waals surface area (Å²) in [4.78, 5) is 12.1. The molecular weight excluding hydrogens is 377 g/mol. The lowest BCUT2D eigenvalue weighted by molar-refractivity contribution is 0.0920. The predicted molar refractivity (Wildman–Crippen MR) is 98.8 cm³/mol. The lowest BCUT2D eigenvalue weighted by atomic mass is 10.2. The van der Waals surface area contributed by atoms with Gasteiger partial charge in [0.25, 0.3) is 5.91 Å². The zero-order chi connectivity index (χ0) is 18.5. The largest absolute Gasteiger partial charge is 0.484 e. The zero-order valence-electron chi connectivity index (χ0n) is 14.0. The summed E-state index contributed by atoms with van der Waals surface area (Å²) in [6.07, 6.45) is 3.23. The van der Waals surface area contributed by atoms with Gasteiger partial charge in [-0.05, 0) is 30.7 Å². The number of nitrogens with one attached hydrogen (secondary N) is 1. The van der Waals surface area contributed by atoms with Crippen molar-refractivity contribution in [1.82, 2.24) is 15.1 Å². The van der Waals surface area contributed by atoms with Crippen molar-refractivity contribution in [3.05, 3.63) is 69.9 Å². The van der Waals surface area contributed by atoms with Crippen molar-refractivity contribution in [3.8, 4) is 5.75 Å². The first-order valence-electron chi connectivity index (χ1n) is 7.95. The molecule has 0 saturated carbocycles. The van der Waals surface area contributed by atoms with Crippen molar-refractivity contribution in [2.24, 2.45) is 0 Å². The highest BCUT2D eigenvalue weighted by atomic mass is 35.5. The van der Waals surface area contributed by atoms with Gasteiger partial charge in [-0.2, -0.15) is 5.10 Å². The number of aryl methyl sites for hydroxylation is 1. The summed E-state index contributed by atoms with van der Waals surface area (Å²) in [7, 11) is 0. The number of para-hydroxylation sites is 1. The van der Waals surface area contributed by atoms with Crippen LogP contribution in [0, 0.1) is 6.92 Å². The number of carbonyl (C=O) groups is 1. The minimum atomic E-state index is -0.302. The number of benzene rings is 1. The number of ether oxygens (including phenoxy) is 1. The molecule has 0 spiro atoms. The van der Waals surface area contributed by atoms with E-state index in [1.807, 2.05) is 19.1 Å². The van der Waals surface area contributed by atoms with Gasteiger partial charge in [0.1, 0.15) is 18.1 Å². The lowest BCUT2D eigenvalue weighted by Crippen LogP contribution is -2.27. The van der Waals surface area contributed by atoms with Gasteiger partial charge in [-0.3, -0.25) is 9.48 Å². The van der Waals surface area contributed by atoms with Gasteiger partial charge in [-0.25, -0.2) is 0 Å². The Morgan fingerprint density at radius 1 is 1.31 bits per heavy atom. The maximum absolute atomic E-state index is 12.1. The third-order valence-electron chi connectivity index (χ3n) is 3.64. The van der Waals surface area contributed by atoms with E-state index in [-0.39, 0.29) is 18.3 Å². The first kappa shape index (κ1) is 18.4. The Balaban J connectivity index is 1.51. The fourth-order valence-electron chi connectivity index (χ4n) is 2.35. The fourth-order valence-corrected chi connectivity index (χ4v) is 2.78. The Bertz CT molecular complexity index is 884. The molecule has 3 aromatic rings. The maximum Gasteiger partial charge on any atom is 0.287 e. The van der Waals surface area contributed by atoms with E-state index in [1.54, 1.807) is 35.3 Å². The van der Waals surface area contributed by atoms with E-state index < -0.39 is 0 Å². The second-order valence-electron chi connectivity index (χ2n) is 5.62. The monoisotopic (exact) mass is 393 g/mol. The lowest BCUT2D eigenvalue weighted by Gasteiger charge is -2.09. The van der Waals surface area contributed by atoms with Crippen LogP contribution in [0.15, 0.2) is 47.1 Å². The van der Waals surface area contributed by atoms with Crippen molar-refractivity contribution in [2.75, 3.05) is 6.54 Å². The molecule has 0 radical (unpaired) electrons. The number of nitrogens with zero attached hydrogens (tertiary/aromatic N) is 2. The summed E-state index contributed by atoms with van der Waals surface area (Å²) in [6, 6.07) is 8.84. The van der Waals surface area contributed by atoms with Crippen LogP contribution in [0.5, 0.6) is 5.75 Å². The minimum absolute atomic E-state index is 0.184. The van der Waals surface area contributed by atoms with E-state index in [4.69, 9.17) is 32.4 Å². The fraction of sp³-hybridized carbons (Fsp3) is 0.222. The molecule has 0 aliphatic heterocycles. The zero-order valence-corrected chi connectivity index (χ0v) is 15.5. The molecule has 0 unspecified atom stereocenters. The highest BCUT2D eigenvalue weighted by molar-refractivity contribution is 6.32. The Morgan fingerprint density at radius 3 is 2.88 bits per heavy atom.